The van der Waals surface area contributed by atoms with E-state index in [-0.39, 0.29) is 6.42 Å². The second-order valence-corrected chi connectivity index (χ2v) is 0.987. The SMILES string of the molecule is F[C]1C[C]1F. The first-order valence-corrected chi connectivity index (χ1v) is 1.34. The number of halogens is 2. The molecule has 0 bridgehead atoms. The molecule has 1 rings (SSSR count). The average molecular weight is 76.0 g/mol. The van der Waals surface area contributed by atoms with E-state index in [1.165, 1.54) is 0 Å². The fraction of sp³-hybridized carbons (Fsp3) is 0.333. The fourth-order valence-electron chi connectivity index (χ4n) is 0.0921. The molecule has 1 fully saturated rings. The maximum absolute atomic E-state index is 11.0. The largest absolute Gasteiger partial charge is 0.236 e. The molecule has 0 nitrogen and oxygen atoms in total. The van der Waals surface area contributed by atoms with Crippen molar-refractivity contribution in [3.63, 3.8) is 0 Å². The predicted molar refractivity (Wildman–Crippen MR) is 13.3 cm³/mol. The van der Waals surface area contributed by atoms with Gasteiger partial charge in [0.25, 0.3) is 0 Å². The van der Waals surface area contributed by atoms with E-state index in [0.29, 0.717) is 0 Å². The highest BCUT2D eigenvalue weighted by Crippen LogP contribution is 2.45. The van der Waals surface area contributed by atoms with Gasteiger partial charge in [-0.2, -0.15) is 0 Å². The maximum Gasteiger partial charge on any atom is 0.188 e. The third-order valence-electron chi connectivity index (χ3n) is 0.480. The van der Waals surface area contributed by atoms with Crippen molar-refractivity contribution in [3.05, 3.63) is 12.3 Å². The van der Waals surface area contributed by atoms with Gasteiger partial charge in [-0.15, -0.1) is 0 Å². The Morgan fingerprint density at radius 3 is 1.40 bits per heavy atom. The van der Waals surface area contributed by atoms with Gasteiger partial charge in [-0.25, -0.2) is 8.78 Å². The minimum atomic E-state index is -0.579. The topological polar surface area (TPSA) is 0 Å². The van der Waals surface area contributed by atoms with Crippen LogP contribution in [0.3, 0.4) is 0 Å². The lowest BCUT2D eigenvalue weighted by molar-refractivity contribution is 0.526. The van der Waals surface area contributed by atoms with Crippen LogP contribution in [-0.2, 0) is 0 Å². The average Bonchev–Trinajstić information content (AvgIpc) is 1.79. The Balaban J connectivity index is 2.20. The van der Waals surface area contributed by atoms with Gasteiger partial charge in [0.1, 0.15) is 0 Å². The van der Waals surface area contributed by atoms with Crippen LogP contribution in [0.2, 0.25) is 0 Å². The highest BCUT2D eigenvalue weighted by atomic mass is 19.2. The minimum Gasteiger partial charge on any atom is -0.236 e. The summed E-state index contributed by atoms with van der Waals surface area (Å²) < 4.78 is 22.0. The predicted octanol–water partition coefficient (Wildman–Crippen LogP) is 1.39. The van der Waals surface area contributed by atoms with Crippen LogP contribution in [0.25, 0.3) is 0 Å². The second kappa shape index (κ2) is 0.671. The molecule has 2 heteroatoms. The quantitative estimate of drug-likeness (QED) is 0.409. The van der Waals surface area contributed by atoms with Crippen molar-refractivity contribution >= 4 is 0 Å². The third kappa shape index (κ3) is 0.389. The smallest absolute Gasteiger partial charge is 0.188 e. The number of hydrogen-bond acceptors (Lipinski definition) is 0. The maximum atomic E-state index is 11.0. The van der Waals surface area contributed by atoms with Gasteiger partial charge in [0.05, 0.1) is 0 Å². The van der Waals surface area contributed by atoms with Gasteiger partial charge < -0.3 is 0 Å². The molecule has 0 saturated heterocycles. The molecule has 1 aliphatic rings. The van der Waals surface area contributed by atoms with Gasteiger partial charge in [0.2, 0.25) is 0 Å². The molecule has 0 N–H and O–H groups in total. The van der Waals surface area contributed by atoms with E-state index in [0.717, 1.165) is 0 Å². The van der Waals surface area contributed by atoms with Crippen LogP contribution in [-0.4, -0.2) is 0 Å². The molecular weight excluding hydrogens is 74.0 g/mol. The van der Waals surface area contributed by atoms with Gasteiger partial charge in [-0.3, -0.25) is 0 Å². The fourth-order valence-corrected chi connectivity index (χ4v) is 0.0921. The summed E-state index contributed by atoms with van der Waals surface area (Å²) in [5.74, 6) is 0. The molecule has 0 spiro atoms. The summed E-state index contributed by atoms with van der Waals surface area (Å²) >= 11 is 0. The van der Waals surface area contributed by atoms with Gasteiger partial charge in [0, 0.05) is 6.42 Å². The summed E-state index contributed by atoms with van der Waals surface area (Å²) in [6.45, 7) is 0. The van der Waals surface area contributed by atoms with E-state index >= 15 is 0 Å². The summed E-state index contributed by atoms with van der Waals surface area (Å²) in [7, 11) is 0. The van der Waals surface area contributed by atoms with Crippen molar-refractivity contribution < 1.29 is 8.78 Å². The monoisotopic (exact) mass is 76.0 g/mol. The lowest BCUT2D eigenvalue weighted by Crippen LogP contribution is -1.45. The van der Waals surface area contributed by atoms with Crippen molar-refractivity contribution in [2.75, 3.05) is 0 Å². The molecule has 1 aliphatic carbocycles. The molecular formula is C3H2F2. The number of rotatable bonds is 0. The normalized spacial score (nSPS) is 27.6. The van der Waals surface area contributed by atoms with Crippen LogP contribution in [0.15, 0.2) is 0 Å². The lowest BCUT2D eigenvalue weighted by atomic mass is 10.9. The van der Waals surface area contributed by atoms with Gasteiger partial charge in [-0.1, -0.05) is 0 Å². The van der Waals surface area contributed by atoms with E-state index in [1.54, 1.807) is 0 Å². The summed E-state index contributed by atoms with van der Waals surface area (Å²) in [4.78, 5) is 0. The van der Waals surface area contributed by atoms with Crippen molar-refractivity contribution in [1.82, 2.24) is 0 Å². The second-order valence-electron chi connectivity index (χ2n) is 0.987. The van der Waals surface area contributed by atoms with Crippen LogP contribution >= 0.6 is 0 Å². The molecule has 5 heavy (non-hydrogen) atoms. The zero-order valence-corrected chi connectivity index (χ0v) is 2.46. The molecule has 1 saturated carbocycles. The summed E-state index contributed by atoms with van der Waals surface area (Å²) in [6, 6.07) is 0. The van der Waals surface area contributed by atoms with E-state index in [9.17, 15) is 8.78 Å². The number of hydrogen-bond donors (Lipinski definition) is 0. The molecule has 0 unspecified atom stereocenters. The van der Waals surface area contributed by atoms with E-state index in [4.69, 9.17) is 0 Å². The first kappa shape index (κ1) is 3.07. The van der Waals surface area contributed by atoms with E-state index in [1.807, 2.05) is 0 Å². The molecule has 0 amide bonds. The van der Waals surface area contributed by atoms with Crippen LogP contribution in [0.4, 0.5) is 8.78 Å². The van der Waals surface area contributed by atoms with Crippen LogP contribution in [0, 0.1) is 12.3 Å². The van der Waals surface area contributed by atoms with E-state index in [2.05, 4.69) is 0 Å². The Morgan fingerprint density at radius 2 is 1.40 bits per heavy atom. The lowest BCUT2D eigenvalue weighted by Gasteiger charge is -1.56. The summed E-state index contributed by atoms with van der Waals surface area (Å²) in [6.07, 6.45) is -1.19. The molecule has 2 radical (unpaired) electrons. The summed E-state index contributed by atoms with van der Waals surface area (Å²) in [5, 5.41) is 0. The highest BCUT2D eigenvalue weighted by molar-refractivity contribution is 5.22. The Labute approximate surface area is 28.8 Å². The molecule has 0 aromatic carbocycles. The zero-order valence-electron chi connectivity index (χ0n) is 2.46. The highest BCUT2D eigenvalue weighted by Gasteiger charge is 2.41. The van der Waals surface area contributed by atoms with Gasteiger partial charge >= 0.3 is 0 Å². The molecule has 0 aromatic rings. The minimum absolute atomic E-state index is 0.0278. The first-order valence-electron chi connectivity index (χ1n) is 1.34. The molecule has 28 valence electrons. The van der Waals surface area contributed by atoms with Crippen molar-refractivity contribution in [2.45, 2.75) is 6.42 Å². The Bertz CT molecular complexity index is 38.2. The Morgan fingerprint density at radius 1 is 1.20 bits per heavy atom. The molecule has 0 heterocycles. The summed E-state index contributed by atoms with van der Waals surface area (Å²) in [5.41, 5.74) is 0. The van der Waals surface area contributed by atoms with Crippen LogP contribution in [0.5, 0.6) is 0 Å². The Hall–Kier alpha value is -0.140. The molecule has 0 atom stereocenters. The third-order valence-corrected chi connectivity index (χ3v) is 0.480. The van der Waals surface area contributed by atoms with Crippen molar-refractivity contribution in [2.24, 2.45) is 0 Å². The standard InChI is InChI=1S/C3H2F2/c4-2-1-3(2)5/h1H2. The van der Waals surface area contributed by atoms with Crippen molar-refractivity contribution in [1.29, 1.82) is 0 Å². The zero-order chi connectivity index (χ0) is 3.86. The Kier molecular flexibility index (Phi) is 0.411. The first-order chi connectivity index (χ1) is 2.30. The van der Waals surface area contributed by atoms with Gasteiger partial charge in [-0.05, 0) is 0 Å². The van der Waals surface area contributed by atoms with Crippen LogP contribution in [0.1, 0.15) is 6.42 Å². The molecule has 0 aliphatic heterocycles. The molecule has 0 aromatic heterocycles. The van der Waals surface area contributed by atoms with Gasteiger partial charge in [0.15, 0.2) is 12.3 Å². The van der Waals surface area contributed by atoms with Crippen molar-refractivity contribution in [3.8, 4) is 0 Å². The van der Waals surface area contributed by atoms with Crippen LogP contribution < -0.4 is 0 Å². The van der Waals surface area contributed by atoms with E-state index < -0.39 is 12.3 Å².